The van der Waals surface area contributed by atoms with E-state index in [9.17, 15) is 5.21 Å². The first-order chi connectivity index (χ1) is 14.7. The van der Waals surface area contributed by atoms with Crippen molar-refractivity contribution in [3.63, 3.8) is 0 Å². The molecule has 1 aliphatic heterocycles. The maximum absolute atomic E-state index is 9.63. The summed E-state index contributed by atoms with van der Waals surface area (Å²) in [5.74, 6) is 1.91. The van der Waals surface area contributed by atoms with Gasteiger partial charge in [0, 0.05) is 29.9 Å². The van der Waals surface area contributed by atoms with Gasteiger partial charge in [0.15, 0.2) is 0 Å². The predicted octanol–water partition coefficient (Wildman–Crippen LogP) is 4.35. The highest BCUT2D eigenvalue weighted by Crippen LogP contribution is 2.37. The Morgan fingerprint density at radius 3 is 3.03 bits per heavy atom. The number of hydrogen-bond acceptors (Lipinski definition) is 6. The molecule has 30 heavy (non-hydrogen) atoms. The zero-order valence-electron chi connectivity index (χ0n) is 16.8. The molecule has 0 spiro atoms. The molecule has 3 aliphatic rings. The summed E-state index contributed by atoms with van der Waals surface area (Å²) in [5.41, 5.74) is 1.82. The molecule has 0 bridgehead atoms. The number of oxime groups is 1. The van der Waals surface area contributed by atoms with Gasteiger partial charge in [-0.25, -0.2) is 4.99 Å². The van der Waals surface area contributed by atoms with Crippen LogP contribution in [0.1, 0.15) is 37.2 Å². The molecule has 0 saturated heterocycles. The molecule has 1 saturated carbocycles. The van der Waals surface area contributed by atoms with Gasteiger partial charge in [-0.3, -0.25) is 0 Å². The van der Waals surface area contributed by atoms with E-state index in [2.05, 4.69) is 26.9 Å². The fraction of sp³-hybridized carbons (Fsp3) is 0.391. The molecule has 1 fully saturated rings. The van der Waals surface area contributed by atoms with Gasteiger partial charge in [-0.2, -0.15) is 0 Å². The van der Waals surface area contributed by atoms with E-state index in [1.807, 2.05) is 48.8 Å². The lowest BCUT2D eigenvalue weighted by Gasteiger charge is -2.35. The first-order valence-corrected chi connectivity index (χ1v) is 10.8. The van der Waals surface area contributed by atoms with Crippen molar-refractivity contribution in [2.75, 3.05) is 13.2 Å². The first-order valence-electron chi connectivity index (χ1n) is 10.4. The highest BCUT2D eigenvalue weighted by molar-refractivity contribution is 6.31. The van der Waals surface area contributed by atoms with Crippen molar-refractivity contribution in [1.29, 1.82) is 0 Å². The van der Waals surface area contributed by atoms with E-state index in [0.717, 1.165) is 47.1 Å². The van der Waals surface area contributed by atoms with Gasteiger partial charge in [0.2, 0.25) is 0 Å². The zero-order chi connectivity index (χ0) is 20.8. The van der Waals surface area contributed by atoms with Crippen molar-refractivity contribution >= 4 is 23.5 Å². The Balaban J connectivity index is 1.37. The van der Waals surface area contributed by atoms with Gasteiger partial charge >= 0.3 is 0 Å². The van der Waals surface area contributed by atoms with Crippen LogP contribution in [0.15, 0.2) is 70.4 Å². The van der Waals surface area contributed by atoms with Gasteiger partial charge in [0.05, 0.1) is 23.9 Å². The van der Waals surface area contributed by atoms with Gasteiger partial charge in [-0.15, -0.1) is 0 Å². The SMILES string of the molecule is O/N=C1\CC(c2ccccc2Cl)CC2NC=C(NCCOC3=CC=CCC3)N=C[C@@H]12. The number of allylic oxidation sites excluding steroid dienone is 4. The molecule has 1 heterocycles. The Hall–Kier alpha value is -2.73. The van der Waals surface area contributed by atoms with E-state index in [-0.39, 0.29) is 17.9 Å². The summed E-state index contributed by atoms with van der Waals surface area (Å²) in [6.07, 6.45) is 13.5. The minimum Gasteiger partial charge on any atom is -0.496 e. The first kappa shape index (κ1) is 20.5. The third-order valence-electron chi connectivity index (χ3n) is 5.77. The fourth-order valence-electron chi connectivity index (χ4n) is 4.21. The summed E-state index contributed by atoms with van der Waals surface area (Å²) in [6.45, 7) is 1.24. The van der Waals surface area contributed by atoms with E-state index < -0.39 is 0 Å². The summed E-state index contributed by atoms with van der Waals surface area (Å²) < 4.78 is 5.79. The lowest BCUT2D eigenvalue weighted by molar-refractivity contribution is 0.204. The number of benzene rings is 1. The monoisotopic (exact) mass is 426 g/mol. The van der Waals surface area contributed by atoms with Crippen LogP contribution in [0.5, 0.6) is 0 Å². The number of rotatable bonds is 6. The molecule has 2 unspecified atom stereocenters. The summed E-state index contributed by atoms with van der Waals surface area (Å²) in [7, 11) is 0. The molecule has 6 nitrogen and oxygen atoms in total. The predicted molar refractivity (Wildman–Crippen MR) is 120 cm³/mol. The highest BCUT2D eigenvalue weighted by Gasteiger charge is 2.36. The highest BCUT2D eigenvalue weighted by atomic mass is 35.5. The quantitative estimate of drug-likeness (QED) is 0.359. The summed E-state index contributed by atoms with van der Waals surface area (Å²) in [4.78, 5) is 4.57. The standard InChI is InChI=1S/C23H27ClN4O2/c24-20-9-5-4-8-18(20)16-12-21-19(22(13-16)28-29)14-27-23(15-26-21)25-10-11-30-17-6-2-1-3-7-17/h1-2,4-6,8-9,14-16,19,21,25-26,29H,3,7,10-13H2/b28-22+/t16?,19-,21?/m1/s1. The molecule has 1 aromatic rings. The molecular weight excluding hydrogens is 400 g/mol. The summed E-state index contributed by atoms with van der Waals surface area (Å²) >= 11 is 6.42. The topological polar surface area (TPSA) is 78.2 Å². The second kappa shape index (κ2) is 9.85. The number of nitrogens with zero attached hydrogens (tertiary/aromatic N) is 2. The Morgan fingerprint density at radius 2 is 2.23 bits per heavy atom. The lowest BCUT2D eigenvalue weighted by Crippen LogP contribution is -2.43. The largest absolute Gasteiger partial charge is 0.496 e. The van der Waals surface area contributed by atoms with Crippen LogP contribution < -0.4 is 10.6 Å². The molecule has 0 radical (unpaired) electrons. The number of fused-ring (bicyclic) bond motifs is 1. The van der Waals surface area contributed by atoms with Gasteiger partial charge in [0.1, 0.15) is 12.4 Å². The molecule has 0 aromatic heterocycles. The van der Waals surface area contributed by atoms with E-state index in [1.54, 1.807) is 0 Å². The van der Waals surface area contributed by atoms with Gasteiger partial charge < -0.3 is 20.6 Å². The smallest absolute Gasteiger partial charge is 0.141 e. The third-order valence-corrected chi connectivity index (χ3v) is 6.11. The summed E-state index contributed by atoms with van der Waals surface area (Å²) in [5, 5.41) is 20.7. The van der Waals surface area contributed by atoms with E-state index >= 15 is 0 Å². The number of aliphatic imine (C=N–C) groups is 1. The van der Waals surface area contributed by atoms with Crippen LogP contribution in [0, 0.1) is 5.92 Å². The molecule has 158 valence electrons. The van der Waals surface area contributed by atoms with Crippen LogP contribution in [0.25, 0.3) is 0 Å². The van der Waals surface area contributed by atoms with Crippen LogP contribution in [-0.4, -0.2) is 36.3 Å². The van der Waals surface area contributed by atoms with Crippen molar-refractivity contribution in [3.05, 3.63) is 70.9 Å². The minimum absolute atomic E-state index is 0.0558. The van der Waals surface area contributed by atoms with Crippen LogP contribution in [0.4, 0.5) is 0 Å². The van der Waals surface area contributed by atoms with Crippen LogP contribution >= 0.6 is 11.6 Å². The maximum atomic E-state index is 9.63. The van der Waals surface area contributed by atoms with Gasteiger partial charge in [-0.05, 0) is 42.9 Å². The van der Waals surface area contributed by atoms with Crippen molar-refractivity contribution in [2.45, 2.75) is 37.6 Å². The average molecular weight is 427 g/mol. The van der Waals surface area contributed by atoms with Crippen molar-refractivity contribution in [2.24, 2.45) is 16.1 Å². The van der Waals surface area contributed by atoms with Crippen molar-refractivity contribution < 1.29 is 9.94 Å². The van der Waals surface area contributed by atoms with Crippen LogP contribution in [-0.2, 0) is 4.74 Å². The second-order valence-corrected chi connectivity index (χ2v) is 8.14. The van der Waals surface area contributed by atoms with Gasteiger partial charge in [-0.1, -0.05) is 47.1 Å². The second-order valence-electron chi connectivity index (χ2n) is 7.73. The molecule has 0 amide bonds. The normalized spacial score (nSPS) is 26.8. The molecular formula is C23H27ClN4O2. The Morgan fingerprint density at radius 1 is 1.33 bits per heavy atom. The fourth-order valence-corrected chi connectivity index (χ4v) is 4.50. The average Bonchev–Trinajstić information content (AvgIpc) is 2.99. The van der Waals surface area contributed by atoms with Crippen molar-refractivity contribution in [3.8, 4) is 0 Å². The number of nitrogens with one attached hydrogen (secondary N) is 2. The minimum atomic E-state index is -0.0558. The van der Waals surface area contributed by atoms with E-state index in [1.165, 1.54) is 0 Å². The molecule has 1 aromatic carbocycles. The Labute approximate surface area is 182 Å². The number of ether oxygens (including phenoxy) is 1. The molecule has 7 heteroatoms. The zero-order valence-corrected chi connectivity index (χ0v) is 17.6. The molecule has 3 N–H and O–H groups in total. The molecule has 3 atom stereocenters. The van der Waals surface area contributed by atoms with Crippen molar-refractivity contribution in [1.82, 2.24) is 10.6 Å². The van der Waals surface area contributed by atoms with Crippen LogP contribution in [0.2, 0.25) is 5.02 Å². The number of hydrogen-bond donors (Lipinski definition) is 3. The lowest BCUT2D eigenvalue weighted by atomic mass is 9.74. The Kier molecular flexibility index (Phi) is 6.74. The third kappa shape index (κ3) is 4.87. The van der Waals surface area contributed by atoms with E-state index in [0.29, 0.717) is 19.6 Å². The molecule has 4 rings (SSSR count). The van der Waals surface area contributed by atoms with Gasteiger partial charge in [0.25, 0.3) is 0 Å². The number of halogens is 1. The van der Waals surface area contributed by atoms with E-state index in [4.69, 9.17) is 16.3 Å². The Bertz CT molecular complexity index is 906. The summed E-state index contributed by atoms with van der Waals surface area (Å²) in [6, 6.07) is 7.97. The maximum Gasteiger partial charge on any atom is 0.141 e. The molecule has 2 aliphatic carbocycles. The van der Waals surface area contributed by atoms with Crippen LogP contribution in [0.3, 0.4) is 0 Å².